The summed E-state index contributed by atoms with van der Waals surface area (Å²) < 4.78 is 4.93. The fraction of sp³-hybridized carbons (Fsp3) is 0.214. The van der Waals surface area contributed by atoms with Gasteiger partial charge in [-0.2, -0.15) is 0 Å². The van der Waals surface area contributed by atoms with Crippen molar-refractivity contribution in [3.8, 4) is 0 Å². The quantitative estimate of drug-likeness (QED) is 0.790. The number of nitrogens with one attached hydrogen (secondary N) is 2. The maximum Gasteiger partial charge on any atom is 0.274 e. The molecule has 22 heavy (non-hydrogen) atoms. The van der Waals surface area contributed by atoms with Crippen LogP contribution in [0.2, 0.25) is 10.0 Å². The lowest BCUT2D eigenvalue weighted by atomic mass is 10.3. The van der Waals surface area contributed by atoms with E-state index in [9.17, 15) is 4.79 Å². The molecule has 0 saturated carbocycles. The second-order valence-electron chi connectivity index (χ2n) is 4.32. The smallest absolute Gasteiger partial charge is 0.274 e. The van der Waals surface area contributed by atoms with Crippen molar-refractivity contribution in [3.05, 3.63) is 46.3 Å². The lowest BCUT2D eigenvalue weighted by Crippen LogP contribution is -2.15. The van der Waals surface area contributed by atoms with E-state index in [-0.39, 0.29) is 11.6 Å². The summed E-state index contributed by atoms with van der Waals surface area (Å²) in [5.74, 6) is 0.164. The third kappa shape index (κ3) is 4.84. The molecular weight excluding hydrogens is 327 g/mol. The fourth-order valence-corrected chi connectivity index (χ4v) is 2.21. The molecule has 0 saturated heterocycles. The molecule has 1 aromatic carbocycles. The van der Waals surface area contributed by atoms with Gasteiger partial charge in [0.1, 0.15) is 17.8 Å². The molecule has 2 rings (SSSR count). The van der Waals surface area contributed by atoms with Crippen molar-refractivity contribution in [2.45, 2.75) is 0 Å². The van der Waals surface area contributed by atoms with Crippen LogP contribution in [-0.2, 0) is 4.74 Å². The van der Waals surface area contributed by atoms with E-state index >= 15 is 0 Å². The highest BCUT2D eigenvalue weighted by atomic mass is 35.5. The minimum atomic E-state index is -0.379. The Balaban J connectivity index is 2.07. The number of anilines is 2. The molecule has 0 aliphatic rings. The number of rotatable bonds is 6. The van der Waals surface area contributed by atoms with Gasteiger partial charge in [-0.25, -0.2) is 9.97 Å². The van der Waals surface area contributed by atoms with E-state index in [1.165, 1.54) is 6.33 Å². The van der Waals surface area contributed by atoms with Gasteiger partial charge in [0.15, 0.2) is 0 Å². The third-order valence-corrected chi connectivity index (χ3v) is 3.07. The molecule has 1 heterocycles. The van der Waals surface area contributed by atoms with Crippen LogP contribution < -0.4 is 10.6 Å². The topological polar surface area (TPSA) is 76.1 Å². The van der Waals surface area contributed by atoms with Crippen molar-refractivity contribution >= 4 is 40.6 Å². The minimum Gasteiger partial charge on any atom is -0.383 e. The van der Waals surface area contributed by atoms with E-state index in [1.54, 1.807) is 31.4 Å². The molecular formula is C14H14Cl2N4O2. The van der Waals surface area contributed by atoms with Crippen molar-refractivity contribution < 1.29 is 9.53 Å². The molecule has 6 nitrogen and oxygen atoms in total. The standard InChI is InChI=1S/C14H14Cl2N4O2/c1-22-3-2-17-13-7-12(18-8-19-13)14(21)20-11-5-9(15)4-10(16)6-11/h4-8H,2-3H2,1H3,(H,20,21)(H,17,18,19). The van der Waals surface area contributed by atoms with Crippen LogP contribution in [0, 0.1) is 0 Å². The highest BCUT2D eigenvalue weighted by Crippen LogP contribution is 2.22. The number of methoxy groups -OCH3 is 1. The second-order valence-corrected chi connectivity index (χ2v) is 5.19. The third-order valence-electron chi connectivity index (χ3n) is 2.63. The summed E-state index contributed by atoms with van der Waals surface area (Å²) in [6.45, 7) is 1.12. The summed E-state index contributed by atoms with van der Waals surface area (Å²) in [6, 6.07) is 6.34. The summed E-state index contributed by atoms with van der Waals surface area (Å²) >= 11 is 11.8. The normalized spacial score (nSPS) is 10.3. The van der Waals surface area contributed by atoms with E-state index in [4.69, 9.17) is 27.9 Å². The number of amides is 1. The Kier molecular flexibility index (Phi) is 5.94. The molecule has 0 spiro atoms. The highest BCUT2D eigenvalue weighted by molar-refractivity contribution is 6.35. The van der Waals surface area contributed by atoms with Gasteiger partial charge in [-0.3, -0.25) is 4.79 Å². The summed E-state index contributed by atoms with van der Waals surface area (Å²) in [5.41, 5.74) is 0.723. The van der Waals surface area contributed by atoms with Crippen LogP contribution >= 0.6 is 23.2 Å². The molecule has 0 aliphatic carbocycles. The van der Waals surface area contributed by atoms with Gasteiger partial charge in [0.05, 0.1) is 6.61 Å². The Hall–Kier alpha value is -1.89. The van der Waals surface area contributed by atoms with E-state index in [0.29, 0.717) is 34.7 Å². The SMILES string of the molecule is COCCNc1cc(C(=O)Nc2cc(Cl)cc(Cl)c2)ncn1. The van der Waals surface area contributed by atoms with E-state index in [0.717, 1.165) is 0 Å². The molecule has 0 radical (unpaired) electrons. The first-order chi connectivity index (χ1) is 10.6. The largest absolute Gasteiger partial charge is 0.383 e. The number of nitrogens with zero attached hydrogens (tertiary/aromatic N) is 2. The molecule has 8 heteroatoms. The number of carbonyl (C=O) groups excluding carboxylic acids is 1. The first kappa shape index (κ1) is 16.5. The van der Waals surface area contributed by atoms with Crippen LogP contribution in [0.5, 0.6) is 0 Å². The predicted molar refractivity (Wildman–Crippen MR) is 86.8 cm³/mol. The average molecular weight is 341 g/mol. The molecule has 116 valence electrons. The van der Waals surface area contributed by atoms with Crippen molar-refractivity contribution in [2.75, 3.05) is 30.9 Å². The van der Waals surface area contributed by atoms with Crippen LogP contribution in [0.25, 0.3) is 0 Å². The van der Waals surface area contributed by atoms with Crippen LogP contribution in [0.15, 0.2) is 30.6 Å². The molecule has 0 fully saturated rings. The highest BCUT2D eigenvalue weighted by Gasteiger charge is 2.10. The zero-order valence-corrected chi connectivity index (χ0v) is 13.3. The molecule has 0 atom stereocenters. The predicted octanol–water partition coefficient (Wildman–Crippen LogP) is 3.09. The fourth-order valence-electron chi connectivity index (χ4n) is 1.68. The molecule has 2 N–H and O–H groups in total. The number of ether oxygens (including phenoxy) is 1. The maximum absolute atomic E-state index is 12.2. The van der Waals surface area contributed by atoms with Crippen LogP contribution in [0.1, 0.15) is 10.5 Å². The van der Waals surface area contributed by atoms with Gasteiger partial charge >= 0.3 is 0 Å². The number of hydrogen-bond donors (Lipinski definition) is 2. The van der Waals surface area contributed by atoms with Gasteiger partial charge < -0.3 is 15.4 Å². The summed E-state index contributed by atoms with van der Waals surface area (Å²) in [5, 5.41) is 6.58. The number of halogens is 2. The van der Waals surface area contributed by atoms with Crippen molar-refractivity contribution in [1.29, 1.82) is 0 Å². The van der Waals surface area contributed by atoms with Gasteiger partial charge in [0.25, 0.3) is 5.91 Å². The summed E-state index contributed by atoms with van der Waals surface area (Å²) in [4.78, 5) is 20.2. The lowest BCUT2D eigenvalue weighted by molar-refractivity contribution is 0.102. The molecule has 1 amide bonds. The summed E-state index contributed by atoms with van der Waals surface area (Å²) in [7, 11) is 1.61. The molecule has 2 aromatic rings. The Morgan fingerprint density at radius 2 is 1.91 bits per heavy atom. The summed E-state index contributed by atoms with van der Waals surface area (Å²) in [6.07, 6.45) is 1.31. The van der Waals surface area contributed by atoms with Gasteiger partial charge in [-0.05, 0) is 18.2 Å². The van der Waals surface area contributed by atoms with Gasteiger partial charge in [0, 0.05) is 35.5 Å². The lowest BCUT2D eigenvalue weighted by Gasteiger charge is -2.08. The minimum absolute atomic E-state index is 0.228. The van der Waals surface area contributed by atoms with E-state index in [1.807, 2.05) is 0 Å². The molecule has 0 unspecified atom stereocenters. The number of carbonyl (C=O) groups is 1. The van der Waals surface area contributed by atoms with Gasteiger partial charge in [-0.1, -0.05) is 23.2 Å². The van der Waals surface area contributed by atoms with Gasteiger partial charge in [0.2, 0.25) is 0 Å². The van der Waals surface area contributed by atoms with E-state index in [2.05, 4.69) is 20.6 Å². The molecule has 0 aliphatic heterocycles. The second kappa shape index (κ2) is 7.93. The number of benzene rings is 1. The van der Waals surface area contributed by atoms with Crippen molar-refractivity contribution in [2.24, 2.45) is 0 Å². The molecule has 0 bridgehead atoms. The average Bonchev–Trinajstić information content (AvgIpc) is 2.47. The number of hydrogen-bond acceptors (Lipinski definition) is 5. The maximum atomic E-state index is 12.2. The zero-order chi connectivity index (χ0) is 15.9. The van der Waals surface area contributed by atoms with E-state index < -0.39 is 0 Å². The van der Waals surface area contributed by atoms with Crippen LogP contribution in [-0.4, -0.2) is 36.1 Å². The van der Waals surface area contributed by atoms with Gasteiger partial charge in [-0.15, -0.1) is 0 Å². The van der Waals surface area contributed by atoms with Crippen molar-refractivity contribution in [3.63, 3.8) is 0 Å². The number of aromatic nitrogens is 2. The Morgan fingerprint density at radius 1 is 1.18 bits per heavy atom. The monoisotopic (exact) mass is 340 g/mol. The molecule has 1 aromatic heterocycles. The first-order valence-corrected chi connectivity index (χ1v) is 7.16. The van der Waals surface area contributed by atoms with Crippen LogP contribution in [0.3, 0.4) is 0 Å². The van der Waals surface area contributed by atoms with Crippen molar-refractivity contribution in [1.82, 2.24) is 9.97 Å². The Bertz CT molecular complexity index is 647. The Labute approximate surface area is 137 Å². The Morgan fingerprint density at radius 3 is 2.59 bits per heavy atom. The zero-order valence-electron chi connectivity index (χ0n) is 11.8. The van der Waals surface area contributed by atoms with Crippen LogP contribution in [0.4, 0.5) is 11.5 Å². The first-order valence-electron chi connectivity index (χ1n) is 6.41.